The fourth-order valence-corrected chi connectivity index (χ4v) is 6.97. The summed E-state index contributed by atoms with van der Waals surface area (Å²) < 4.78 is 55.9. The molecule has 214 valence electrons. The van der Waals surface area contributed by atoms with Gasteiger partial charge in [-0.15, -0.1) is 0 Å². The molecule has 2 unspecified atom stereocenters. The molecule has 1 aliphatic heterocycles. The van der Waals surface area contributed by atoms with Gasteiger partial charge in [0, 0.05) is 29.3 Å². The molecule has 0 spiro atoms. The van der Waals surface area contributed by atoms with Crippen LogP contribution in [-0.4, -0.2) is 34.7 Å². The van der Waals surface area contributed by atoms with Crippen LogP contribution < -0.4 is 10.3 Å². The zero-order valence-electron chi connectivity index (χ0n) is 23.1. The molecule has 2 heterocycles. The third-order valence-electron chi connectivity index (χ3n) is 7.58. The van der Waals surface area contributed by atoms with Crippen LogP contribution in [0.5, 0.6) is 0 Å². The molecule has 1 aromatic heterocycles. The lowest BCUT2D eigenvalue weighted by atomic mass is 9.96. The van der Waals surface area contributed by atoms with E-state index in [9.17, 15) is 26.8 Å². The summed E-state index contributed by atoms with van der Waals surface area (Å²) in [5.41, 5.74) is 1.71. The maximum absolute atomic E-state index is 14.2. The standard InChI is InChI=1S/C30H30F2N4O4S/c1-5-30(31,32)22-9-6-10-23(16-22)33-27(37)26-20(3)34-36(28(26)38)24-12-11-21-13-15-35(25(21)17-24)41(39,40)29(4)14-7-8-19(2)18-29/h6-17,26H,5,18H2,1-4H3,(H,33,37). The molecule has 0 saturated heterocycles. The van der Waals surface area contributed by atoms with Crippen molar-refractivity contribution in [3.05, 3.63) is 84.1 Å². The predicted molar refractivity (Wildman–Crippen MR) is 156 cm³/mol. The average Bonchev–Trinajstić information content (AvgIpc) is 3.48. The number of aromatic nitrogens is 1. The van der Waals surface area contributed by atoms with E-state index in [1.807, 2.05) is 13.0 Å². The number of carbonyl (C=O) groups excluding carboxylic acids is 2. The molecule has 0 bridgehead atoms. The number of alkyl halides is 2. The number of nitrogens with zero attached hydrogens (tertiary/aromatic N) is 3. The number of allylic oxidation sites excluding steroid dienone is 3. The van der Waals surface area contributed by atoms with Crippen LogP contribution in [-0.2, 0) is 25.5 Å². The van der Waals surface area contributed by atoms with E-state index in [1.54, 1.807) is 43.3 Å². The molecule has 0 radical (unpaired) electrons. The molecule has 8 nitrogen and oxygen atoms in total. The predicted octanol–water partition coefficient (Wildman–Crippen LogP) is 5.96. The van der Waals surface area contributed by atoms with E-state index in [1.165, 1.54) is 48.3 Å². The van der Waals surface area contributed by atoms with Gasteiger partial charge in [0.25, 0.3) is 11.8 Å². The maximum atomic E-state index is 14.2. The normalized spacial score (nSPS) is 21.3. The summed E-state index contributed by atoms with van der Waals surface area (Å²) in [6.45, 7) is 6.45. The number of benzene rings is 2. The Kier molecular flexibility index (Phi) is 6.97. The lowest BCUT2D eigenvalue weighted by Crippen LogP contribution is -2.38. The Morgan fingerprint density at radius 2 is 1.93 bits per heavy atom. The Bertz CT molecular complexity index is 1770. The summed E-state index contributed by atoms with van der Waals surface area (Å²) in [5, 5.41) is 8.57. The summed E-state index contributed by atoms with van der Waals surface area (Å²) in [6.07, 6.45) is 6.73. The zero-order valence-corrected chi connectivity index (χ0v) is 23.9. The number of amides is 2. The molecule has 41 heavy (non-hydrogen) atoms. The van der Waals surface area contributed by atoms with Crippen molar-refractivity contribution in [3.8, 4) is 0 Å². The molecule has 3 aromatic rings. The monoisotopic (exact) mass is 580 g/mol. The molecule has 0 saturated carbocycles. The first-order chi connectivity index (χ1) is 19.3. The van der Waals surface area contributed by atoms with Crippen molar-refractivity contribution in [1.29, 1.82) is 0 Å². The molecule has 2 aromatic carbocycles. The second-order valence-corrected chi connectivity index (χ2v) is 12.9. The van der Waals surface area contributed by atoms with E-state index in [2.05, 4.69) is 10.4 Å². The van der Waals surface area contributed by atoms with E-state index < -0.39 is 44.8 Å². The first-order valence-corrected chi connectivity index (χ1v) is 14.6. The van der Waals surface area contributed by atoms with Gasteiger partial charge >= 0.3 is 0 Å². The highest BCUT2D eigenvalue weighted by Gasteiger charge is 2.42. The molecule has 2 amide bonds. The summed E-state index contributed by atoms with van der Waals surface area (Å²) in [5.74, 6) is -5.68. The van der Waals surface area contributed by atoms with Gasteiger partial charge in [0.2, 0.25) is 15.9 Å². The Morgan fingerprint density at radius 1 is 1.17 bits per heavy atom. The molecular formula is C30H30F2N4O4S. The summed E-state index contributed by atoms with van der Waals surface area (Å²) in [6, 6.07) is 11.9. The Hall–Kier alpha value is -4.12. The largest absolute Gasteiger partial charge is 0.325 e. The zero-order chi connectivity index (χ0) is 29.7. The highest BCUT2D eigenvalue weighted by atomic mass is 32.2. The Balaban J connectivity index is 1.42. The minimum Gasteiger partial charge on any atom is -0.325 e. The summed E-state index contributed by atoms with van der Waals surface area (Å²) >= 11 is 0. The third kappa shape index (κ3) is 4.88. The van der Waals surface area contributed by atoms with Crippen molar-refractivity contribution >= 4 is 49.8 Å². The average molecular weight is 581 g/mol. The van der Waals surface area contributed by atoms with Crippen LogP contribution in [0.25, 0.3) is 10.9 Å². The lowest BCUT2D eigenvalue weighted by Gasteiger charge is -2.29. The number of anilines is 2. The highest BCUT2D eigenvalue weighted by Crippen LogP contribution is 2.36. The van der Waals surface area contributed by atoms with Gasteiger partial charge < -0.3 is 5.32 Å². The van der Waals surface area contributed by atoms with E-state index in [0.29, 0.717) is 17.3 Å². The van der Waals surface area contributed by atoms with Gasteiger partial charge in [-0.1, -0.05) is 48.9 Å². The van der Waals surface area contributed by atoms with Crippen molar-refractivity contribution < 1.29 is 26.8 Å². The first-order valence-electron chi connectivity index (χ1n) is 13.2. The molecule has 0 fully saturated rings. The van der Waals surface area contributed by atoms with E-state index in [4.69, 9.17) is 0 Å². The van der Waals surface area contributed by atoms with Crippen LogP contribution in [0.4, 0.5) is 20.2 Å². The van der Waals surface area contributed by atoms with Crippen molar-refractivity contribution in [1.82, 2.24) is 3.97 Å². The molecule has 2 aliphatic rings. The number of hydrogen-bond acceptors (Lipinski definition) is 5. The lowest BCUT2D eigenvalue weighted by molar-refractivity contribution is -0.127. The molecule has 11 heteroatoms. The number of carbonyl (C=O) groups is 2. The maximum Gasteiger partial charge on any atom is 0.273 e. The smallest absolute Gasteiger partial charge is 0.273 e. The minimum atomic E-state index is -3.88. The number of nitrogens with one attached hydrogen (secondary N) is 1. The van der Waals surface area contributed by atoms with Crippen molar-refractivity contribution in [3.63, 3.8) is 0 Å². The van der Waals surface area contributed by atoms with Gasteiger partial charge in [0.15, 0.2) is 5.92 Å². The van der Waals surface area contributed by atoms with Gasteiger partial charge in [-0.2, -0.15) is 10.1 Å². The number of rotatable bonds is 7. The number of halogens is 2. The van der Waals surface area contributed by atoms with Crippen LogP contribution in [0, 0.1) is 5.92 Å². The minimum absolute atomic E-state index is 0.138. The second kappa shape index (κ2) is 10.1. The van der Waals surface area contributed by atoms with Crippen molar-refractivity contribution in [2.24, 2.45) is 11.0 Å². The van der Waals surface area contributed by atoms with Crippen LogP contribution >= 0.6 is 0 Å². The van der Waals surface area contributed by atoms with Crippen LogP contribution in [0.3, 0.4) is 0 Å². The van der Waals surface area contributed by atoms with E-state index >= 15 is 0 Å². The first kappa shape index (κ1) is 28.4. The van der Waals surface area contributed by atoms with Gasteiger partial charge in [0.05, 0.1) is 16.9 Å². The highest BCUT2D eigenvalue weighted by molar-refractivity contribution is 7.91. The topological polar surface area (TPSA) is 101 Å². The van der Waals surface area contributed by atoms with Crippen LogP contribution in [0.15, 0.2) is 83.6 Å². The number of hydrogen-bond donors (Lipinski definition) is 1. The molecule has 1 aliphatic carbocycles. The van der Waals surface area contributed by atoms with Crippen molar-refractivity contribution in [2.45, 2.75) is 51.2 Å². The van der Waals surface area contributed by atoms with E-state index in [-0.39, 0.29) is 22.6 Å². The van der Waals surface area contributed by atoms with Crippen LogP contribution in [0.1, 0.15) is 46.1 Å². The molecule has 5 rings (SSSR count). The Morgan fingerprint density at radius 3 is 2.63 bits per heavy atom. The molecule has 1 N–H and O–H groups in total. The summed E-state index contributed by atoms with van der Waals surface area (Å²) in [4.78, 5) is 26.5. The van der Waals surface area contributed by atoms with Gasteiger partial charge in [-0.25, -0.2) is 21.2 Å². The third-order valence-corrected chi connectivity index (χ3v) is 9.88. The van der Waals surface area contributed by atoms with E-state index in [0.717, 1.165) is 10.6 Å². The number of fused-ring (bicyclic) bond motifs is 1. The van der Waals surface area contributed by atoms with Crippen LogP contribution in [0.2, 0.25) is 0 Å². The van der Waals surface area contributed by atoms with Gasteiger partial charge in [-0.05, 0) is 57.5 Å². The SMILES string of the molecule is CCC(F)(F)c1cccc(NC(=O)C2C(=O)N(c3ccc4ccn(S(=O)(=O)C5(C)C=CC=C(C)C5)c4c3)N=C2C)c1. The fourth-order valence-electron chi connectivity index (χ4n) is 5.22. The summed E-state index contributed by atoms with van der Waals surface area (Å²) in [7, 11) is -3.88. The van der Waals surface area contributed by atoms with Crippen molar-refractivity contribution in [2.75, 3.05) is 10.3 Å². The fraction of sp³-hybridized carbons (Fsp3) is 0.300. The molecule has 2 atom stereocenters. The Labute approximate surface area is 237 Å². The number of hydrazone groups is 1. The molecular weight excluding hydrogens is 550 g/mol. The quantitative estimate of drug-likeness (QED) is 0.348. The van der Waals surface area contributed by atoms with Gasteiger partial charge in [-0.3, -0.25) is 9.59 Å². The van der Waals surface area contributed by atoms with Gasteiger partial charge in [0.1, 0.15) is 4.75 Å². The second-order valence-electron chi connectivity index (χ2n) is 10.7.